The minimum absolute atomic E-state index is 0.303. The predicted molar refractivity (Wildman–Crippen MR) is 70.5 cm³/mol. The number of aromatic nitrogens is 1. The van der Waals surface area contributed by atoms with Gasteiger partial charge in [-0.25, -0.2) is 9.37 Å². The Morgan fingerprint density at radius 1 is 1.24 bits per heavy atom. The zero-order valence-electron chi connectivity index (χ0n) is 9.26. The highest BCUT2D eigenvalue weighted by Gasteiger charge is 2.19. The summed E-state index contributed by atoms with van der Waals surface area (Å²) in [6.07, 6.45) is 4.10. The molecule has 4 heteroatoms. The summed E-state index contributed by atoms with van der Waals surface area (Å²) in [7, 11) is 0. The number of rotatable bonds is 0. The smallest absolute Gasteiger partial charge is 0.149 e. The third-order valence-electron chi connectivity index (χ3n) is 3.36. The van der Waals surface area contributed by atoms with E-state index in [9.17, 15) is 4.39 Å². The van der Waals surface area contributed by atoms with Crippen LogP contribution in [-0.4, -0.2) is 4.98 Å². The lowest BCUT2D eigenvalue weighted by molar-refractivity contribution is 0.632. The summed E-state index contributed by atoms with van der Waals surface area (Å²) in [5, 5.41) is 0.714. The maximum Gasteiger partial charge on any atom is 0.149 e. The maximum atomic E-state index is 13.8. The van der Waals surface area contributed by atoms with E-state index in [2.05, 4.69) is 20.9 Å². The van der Waals surface area contributed by atoms with Crippen LogP contribution in [0.3, 0.4) is 0 Å². The molecule has 88 valence electrons. The normalized spacial score (nSPS) is 14.9. The largest absolute Gasteiger partial charge is 0.398 e. The molecular weight excluding hydrogens is 283 g/mol. The second-order valence-corrected chi connectivity index (χ2v) is 5.26. The molecule has 0 bridgehead atoms. The first-order valence-electron chi connectivity index (χ1n) is 5.73. The lowest BCUT2D eigenvalue weighted by atomic mass is 9.93. The minimum Gasteiger partial charge on any atom is -0.398 e. The molecule has 2 aromatic rings. The SMILES string of the molecule is Nc1c2c(nc3c(F)ccc(Br)c13)CCCC2. The van der Waals surface area contributed by atoms with Crippen LogP contribution in [0, 0.1) is 5.82 Å². The molecule has 0 atom stereocenters. The molecule has 0 unspecified atom stereocenters. The van der Waals surface area contributed by atoms with Crippen LogP contribution in [0.2, 0.25) is 0 Å². The minimum atomic E-state index is -0.303. The van der Waals surface area contributed by atoms with E-state index in [1.165, 1.54) is 6.07 Å². The summed E-state index contributed by atoms with van der Waals surface area (Å²) in [6, 6.07) is 3.11. The summed E-state index contributed by atoms with van der Waals surface area (Å²) >= 11 is 3.42. The first kappa shape index (κ1) is 11.0. The van der Waals surface area contributed by atoms with E-state index in [1.807, 2.05) is 0 Å². The van der Waals surface area contributed by atoms with Crippen molar-refractivity contribution < 1.29 is 4.39 Å². The molecule has 0 amide bonds. The van der Waals surface area contributed by atoms with Gasteiger partial charge in [0.05, 0.1) is 0 Å². The second-order valence-electron chi connectivity index (χ2n) is 4.41. The average Bonchev–Trinajstić information content (AvgIpc) is 2.34. The Bertz CT molecular complexity index is 610. The van der Waals surface area contributed by atoms with Crippen molar-refractivity contribution in [2.75, 3.05) is 5.73 Å². The average molecular weight is 295 g/mol. The molecule has 1 aliphatic rings. The lowest BCUT2D eigenvalue weighted by Gasteiger charge is -2.19. The van der Waals surface area contributed by atoms with E-state index in [1.54, 1.807) is 6.07 Å². The summed E-state index contributed by atoms with van der Waals surface area (Å²) in [6.45, 7) is 0. The van der Waals surface area contributed by atoms with Crippen LogP contribution in [-0.2, 0) is 12.8 Å². The first-order valence-corrected chi connectivity index (χ1v) is 6.52. The molecule has 2 N–H and O–H groups in total. The molecule has 1 aromatic heterocycles. The van der Waals surface area contributed by atoms with Crippen LogP contribution in [0.4, 0.5) is 10.1 Å². The van der Waals surface area contributed by atoms with Crippen molar-refractivity contribution in [2.45, 2.75) is 25.7 Å². The van der Waals surface area contributed by atoms with Gasteiger partial charge in [-0.1, -0.05) is 15.9 Å². The molecule has 0 radical (unpaired) electrons. The summed E-state index contributed by atoms with van der Waals surface area (Å²) < 4.78 is 14.6. The molecule has 0 fully saturated rings. The van der Waals surface area contributed by atoms with Crippen molar-refractivity contribution in [3.63, 3.8) is 0 Å². The Kier molecular flexibility index (Phi) is 2.54. The fourth-order valence-corrected chi connectivity index (χ4v) is 3.03. The number of fused-ring (bicyclic) bond motifs is 2. The molecule has 0 saturated heterocycles. The van der Waals surface area contributed by atoms with Gasteiger partial charge in [-0.05, 0) is 43.4 Å². The van der Waals surface area contributed by atoms with E-state index in [0.29, 0.717) is 16.6 Å². The highest BCUT2D eigenvalue weighted by Crippen LogP contribution is 2.35. The monoisotopic (exact) mass is 294 g/mol. The van der Waals surface area contributed by atoms with Gasteiger partial charge >= 0.3 is 0 Å². The van der Waals surface area contributed by atoms with Gasteiger partial charge in [-0.15, -0.1) is 0 Å². The number of benzene rings is 1. The van der Waals surface area contributed by atoms with Crippen molar-refractivity contribution in [1.82, 2.24) is 4.98 Å². The number of hydrogen-bond donors (Lipinski definition) is 1. The number of anilines is 1. The number of aryl methyl sites for hydroxylation is 1. The lowest BCUT2D eigenvalue weighted by Crippen LogP contribution is -2.10. The molecule has 2 nitrogen and oxygen atoms in total. The van der Waals surface area contributed by atoms with Crippen LogP contribution >= 0.6 is 15.9 Å². The molecule has 1 aliphatic carbocycles. The van der Waals surface area contributed by atoms with Gasteiger partial charge in [0.2, 0.25) is 0 Å². The molecule has 1 aromatic carbocycles. The van der Waals surface area contributed by atoms with Gasteiger partial charge in [0.1, 0.15) is 11.3 Å². The molecule has 0 spiro atoms. The Morgan fingerprint density at radius 3 is 2.82 bits per heavy atom. The van der Waals surface area contributed by atoms with Gasteiger partial charge in [-0.3, -0.25) is 0 Å². The third-order valence-corrected chi connectivity index (χ3v) is 4.02. The van der Waals surface area contributed by atoms with E-state index in [4.69, 9.17) is 5.73 Å². The summed E-state index contributed by atoms with van der Waals surface area (Å²) in [4.78, 5) is 4.45. The Balaban J connectivity index is 2.44. The highest BCUT2D eigenvalue weighted by molar-refractivity contribution is 9.10. The van der Waals surface area contributed by atoms with E-state index in [-0.39, 0.29) is 5.82 Å². The number of halogens is 2. The van der Waals surface area contributed by atoms with Gasteiger partial charge in [-0.2, -0.15) is 0 Å². The molecule has 0 saturated carbocycles. The number of nitrogen functional groups attached to an aromatic ring is 1. The van der Waals surface area contributed by atoms with Gasteiger partial charge in [0.15, 0.2) is 0 Å². The van der Waals surface area contributed by atoms with Gasteiger partial charge in [0.25, 0.3) is 0 Å². The topological polar surface area (TPSA) is 38.9 Å². The number of nitrogens with two attached hydrogens (primary N) is 1. The van der Waals surface area contributed by atoms with E-state index < -0.39 is 0 Å². The first-order chi connectivity index (χ1) is 8.18. The number of nitrogens with zero attached hydrogens (tertiary/aromatic N) is 1. The molecule has 3 rings (SSSR count). The van der Waals surface area contributed by atoms with Crippen LogP contribution in [0.15, 0.2) is 16.6 Å². The van der Waals surface area contributed by atoms with Gasteiger partial charge in [0, 0.05) is 21.2 Å². The molecule has 0 aliphatic heterocycles. The second kappa shape index (κ2) is 3.95. The summed E-state index contributed by atoms with van der Waals surface area (Å²) in [5.41, 5.74) is 9.33. The van der Waals surface area contributed by atoms with Crippen molar-refractivity contribution >= 4 is 32.5 Å². The van der Waals surface area contributed by atoms with Crippen LogP contribution in [0.25, 0.3) is 10.9 Å². The van der Waals surface area contributed by atoms with Crippen molar-refractivity contribution in [3.05, 3.63) is 33.7 Å². The van der Waals surface area contributed by atoms with Crippen molar-refractivity contribution in [1.29, 1.82) is 0 Å². The fraction of sp³-hybridized carbons (Fsp3) is 0.308. The molecular formula is C13H12BrFN2. The Morgan fingerprint density at radius 2 is 2.00 bits per heavy atom. The van der Waals surface area contributed by atoms with Crippen LogP contribution in [0.1, 0.15) is 24.1 Å². The number of hydrogen-bond acceptors (Lipinski definition) is 2. The van der Waals surface area contributed by atoms with E-state index in [0.717, 1.165) is 41.4 Å². The Labute approximate surface area is 107 Å². The zero-order chi connectivity index (χ0) is 12.0. The Hall–Kier alpha value is -1.16. The zero-order valence-corrected chi connectivity index (χ0v) is 10.8. The highest BCUT2D eigenvalue weighted by atomic mass is 79.9. The van der Waals surface area contributed by atoms with Crippen molar-refractivity contribution in [2.24, 2.45) is 0 Å². The maximum absolute atomic E-state index is 13.8. The van der Waals surface area contributed by atoms with E-state index >= 15 is 0 Å². The quantitative estimate of drug-likeness (QED) is 0.806. The fourth-order valence-electron chi connectivity index (χ4n) is 2.50. The number of pyridine rings is 1. The standard InChI is InChI=1S/C13H12BrFN2/c14-8-5-6-9(15)13-11(8)12(16)7-3-1-2-4-10(7)17-13/h5-6H,1-4H2,(H2,16,17). The predicted octanol–water partition coefficient (Wildman–Crippen LogP) is 3.60. The third kappa shape index (κ3) is 1.62. The van der Waals surface area contributed by atoms with Crippen molar-refractivity contribution in [3.8, 4) is 0 Å². The van der Waals surface area contributed by atoms with Gasteiger partial charge < -0.3 is 5.73 Å². The molecule has 1 heterocycles. The van der Waals surface area contributed by atoms with Crippen LogP contribution in [0.5, 0.6) is 0 Å². The summed E-state index contributed by atoms with van der Waals surface area (Å²) in [5.74, 6) is -0.303. The molecule has 17 heavy (non-hydrogen) atoms. The van der Waals surface area contributed by atoms with Crippen LogP contribution < -0.4 is 5.73 Å².